The number of hydrogen-bond donors (Lipinski definition) is 0. The molecule has 0 unspecified atom stereocenters. The van der Waals surface area contributed by atoms with Crippen LogP contribution in [-0.2, 0) is 17.3 Å². The van der Waals surface area contributed by atoms with Crippen LogP contribution in [0.25, 0.3) is 0 Å². The molecule has 0 fully saturated rings. The Kier molecular flexibility index (Phi) is 6.31. The Morgan fingerprint density at radius 2 is 1.20 bits per heavy atom. The lowest BCUT2D eigenvalue weighted by atomic mass is 9.82. The standard InChI is InChI=1S/C29H35N/c1-21-16-18-22(19-17-21)27(20-23-12-8-9-13-24(23)28(2,3)4)30-26-15-11-10-14-25(26)29(5,6)7/h8-19H,20H2,1-7H3. The van der Waals surface area contributed by atoms with E-state index in [0.717, 1.165) is 17.8 Å². The van der Waals surface area contributed by atoms with Crippen LogP contribution >= 0.6 is 0 Å². The van der Waals surface area contributed by atoms with Crippen LogP contribution in [-0.4, -0.2) is 5.71 Å². The Bertz CT molecular complexity index is 1020. The van der Waals surface area contributed by atoms with Crippen LogP contribution in [0.3, 0.4) is 0 Å². The molecular formula is C29H35N. The van der Waals surface area contributed by atoms with Crippen molar-refractivity contribution in [3.05, 3.63) is 101 Å². The Labute approximate surface area is 182 Å². The number of aliphatic imine (C=N–C) groups is 1. The average molecular weight is 398 g/mol. The number of aryl methyl sites for hydroxylation is 1. The summed E-state index contributed by atoms with van der Waals surface area (Å²) >= 11 is 0. The van der Waals surface area contributed by atoms with E-state index in [1.54, 1.807) is 0 Å². The SMILES string of the molecule is Cc1ccc(C(Cc2ccccc2C(C)(C)C)=Nc2ccccc2C(C)(C)C)cc1. The lowest BCUT2D eigenvalue weighted by molar-refractivity contribution is 0.585. The molecule has 3 aromatic rings. The predicted molar refractivity (Wildman–Crippen MR) is 131 cm³/mol. The zero-order chi connectivity index (χ0) is 21.9. The molecule has 0 radical (unpaired) electrons. The highest BCUT2D eigenvalue weighted by Gasteiger charge is 2.20. The summed E-state index contributed by atoms with van der Waals surface area (Å²) in [4.78, 5) is 5.26. The highest BCUT2D eigenvalue weighted by molar-refractivity contribution is 6.03. The summed E-state index contributed by atoms with van der Waals surface area (Å²) in [5.41, 5.74) is 8.78. The van der Waals surface area contributed by atoms with Gasteiger partial charge in [-0.3, -0.25) is 4.99 Å². The van der Waals surface area contributed by atoms with Gasteiger partial charge >= 0.3 is 0 Å². The molecule has 0 amide bonds. The van der Waals surface area contributed by atoms with E-state index in [1.165, 1.54) is 27.8 Å². The summed E-state index contributed by atoms with van der Waals surface area (Å²) < 4.78 is 0. The van der Waals surface area contributed by atoms with Crippen LogP contribution < -0.4 is 0 Å². The third kappa shape index (κ3) is 5.27. The number of nitrogens with zero attached hydrogens (tertiary/aromatic N) is 1. The number of rotatable bonds is 4. The van der Waals surface area contributed by atoms with E-state index in [-0.39, 0.29) is 10.8 Å². The van der Waals surface area contributed by atoms with Crippen molar-refractivity contribution >= 4 is 11.4 Å². The number of benzene rings is 3. The molecule has 0 aliphatic heterocycles. The maximum Gasteiger partial charge on any atom is 0.0670 e. The van der Waals surface area contributed by atoms with Gasteiger partial charge in [0.1, 0.15) is 0 Å². The Balaban J connectivity index is 2.15. The van der Waals surface area contributed by atoms with E-state index in [9.17, 15) is 0 Å². The van der Waals surface area contributed by atoms with Crippen molar-refractivity contribution in [2.45, 2.75) is 65.7 Å². The fraction of sp³-hybridized carbons (Fsp3) is 0.345. The van der Waals surface area contributed by atoms with Crippen molar-refractivity contribution in [1.82, 2.24) is 0 Å². The van der Waals surface area contributed by atoms with Gasteiger partial charge in [-0.15, -0.1) is 0 Å². The minimum Gasteiger partial charge on any atom is -0.252 e. The lowest BCUT2D eigenvalue weighted by Crippen LogP contribution is -2.17. The van der Waals surface area contributed by atoms with Crippen molar-refractivity contribution in [2.75, 3.05) is 0 Å². The quantitative estimate of drug-likeness (QED) is 0.396. The molecule has 30 heavy (non-hydrogen) atoms. The van der Waals surface area contributed by atoms with Crippen LogP contribution in [0.15, 0.2) is 77.8 Å². The summed E-state index contributed by atoms with van der Waals surface area (Å²) in [6.45, 7) is 15.7. The van der Waals surface area contributed by atoms with Gasteiger partial charge in [0.05, 0.1) is 11.4 Å². The average Bonchev–Trinajstić information content (AvgIpc) is 2.67. The van der Waals surface area contributed by atoms with Crippen LogP contribution in [0, 0.1) is 6.92 Å². The van der Waals surface area contributed by atoms with Gasteiger partial charge in [-0.05, 0) is 46.1 Å². The summed E-state index contributed by atoms with van der Waals surface area (Å²) in [6.07, 6.45) is 0.814. The van der Waals surface area contributed by atoms with Crippen molar-refractivity contribution in [3.63, 3.8) is 0 Å². The van der Waals surface area contributed by atoms with Gasteiger partial charge in [0.2, 0.25) is 0 Å². The van der Waals surface area contributed by atoms with E-state index >= 15 is 0 Å². The Hall–Kier alpha value is -2.67. The first-order valence-electron chi connectivity index (χ1n) is 10.9. The largest absolute Gasteiger partial charge is 0.252 e. The molecule has 1 nitrogen and oxygen atoms in total. The first kappa shape index (κ1) is 22.0. The highest BCUT2D eigenvalue weighted by Crippen LogP contribution is 2.33. The summed E-state index contributed by atoms with van der Waals surface area (Å²) in [5, 5.41) is 0. The summed E-state index contributed by atoms with van der Waals surface area (Å²) in [7, 11) is 0. The van der Waals surface area contributed by atoms with E-state index < -0.39 is 0 Å². The number of hydrogen-bond acceptors (Lipinski definition) is 1. The summed E-state index contributed by atoms with van der Waals surface area (Å²) in [6, 6.07) is 26.1. The van der Waals surface area contributed by atoms with Gasteiger partial charge in [0.25, 0.3) is 0 Å². The zero-order valence-electron chi connectivity index (χ0n) is 19.6. The maximum absolute atomic E-state index is 5.26. The van der Waals surface area contributed by atoms with E-state index in [0.29, 0.717) is 0 Å². The molecule has 0 saturated carbocycles. The molecule has 1 heteroatoms. The van der Waals surface area contributed by atoms with Crippen LogP contribution in [0.4, 0.5) is 5.69 Å². The van der Waals surface area contributed by atoms with Crippen molar-refractivity contribution in [3.8, 4) is 0 Å². The van der Waals surface area contributed by atoms with Gasteiger partial charge < -0.3 is 0 Å². The lowest BCUT2D eigenvalue weighted by Gasteiger charge is -2.24. The summed E-state index contributed by atoms with van der Waals surface area (Å²) in [5.74, 6) is 0. The van der Waals surface area contributed by atoms with E-state index in [4.69, 9.17) is 4.99 Å². The molecule has 3 aromatic carbocycles. The molecule has 0 aliphatic rings. The van der Waals surface area contributed by atoms with Crippen molar-refractivity contribution in [1.29, 1.82) is 0 Å². The second-order valence-electron chi connectivity index (χ2n) is 10.3. The van der Waals surface area contributed by atoms with Gasteiger partial charge in [-0.25, -0.2) is 0 Å². The molecule has 156 valence electrons. The molecular weight excluding hydrogens is 362 g/mol. The van der Waals surface area contributed by atoms with Crippen molar-refractivity contribution < 1.29 is 0 Å². The van der Waals surface area contributed by atoms with Crippen LogP contribution in [0.5, 0.6) is 0 Å². The Morgan fingerprint density at radius 1 is 0.667 bits per heavy atom. The van der Waals surface area contributed by atoms with Gasteiger partial charge in [-0.2, -0.15) is 0 Å². The molecule has 0 bridgehead atoms. The van der Waals surface area contributed by atoms with E-state index in [1.807, 2.05) is 0 Å². The Morgan fingerprint density at radius 3 is 1.80 bits per heavy atom. The molecule has 0 spiro atoms. The first-order valence-corrected chi connectivity index (χ1v) is 10.9. The monoisotopic (exact) mass is 397 g/mol. The predicted octanol–water partition coefficient (Wildman–Crippen LogP) is 7.95. The first-order chi connectivity index (χ1) is 14.1. The van der Waals surface area contributed by atoms with Crippen molar-refractivity contribution in [2.24, 2.45) is 4.99 Å². The molecule has 0 N–H and O–H groups in total. The zero-order valence-corrected chi connectivity index (χ0v) is 19.6. The third-order valence-corrected chi connectivity index (χ3v) is 5.54. The minimum atomic E-state index is 0.0434. The molecule has 0 heterocycles. The topological polar surface area (TPSA) is 12.4 Å². The minimum absolute atomic E-state index is 0.0434. The number of para-hydroxylation sites is 1. The van der Waals surface area contributed by atoms with Gasteiger partial charge in [0, 0.05) is 6.42 Å². The van der Waals surface area contributed by atoms with Crippen LogP contribution in [0.1, 0.15) is 69.4 Å². The smallest absolute Gasteiger partial charge is 0.0670 e. The second kappa shape index (κ2) is 8.60. The molecule has 3 rings (SSSR count). The molecule has 0 atom stereocenters. The molecule has 0 aromatic heterocycles. The molecule has 0 aliphatic carbocycles. The second-order valence-corrected chi connectivity index (χ2v) is 10.3. The fourth-order valence-electron chi connectivity index (χ4n) is 3.89. The fourth-order valence-corrected chi connectivity index (χ4v) is 3.89. The molecule has 0 saturated heterocycles. The van der Waals surface area contributed by atoms with E-state index in [2.05, 4.69) is 121 Å². The van der Waals surface area contributed by atoms with Gasteiger partial charge in [-0.1, -0.05) is 114 Å². The highest BCUT2D eigenvalue weighted by atomic mass is 14.8. The maximum atomic E-state index is 5.26. The third-order valence-electron chi connectivity index (χ3n) is 5.54. The van der Waals surface area contributed by atoms with Crippen LogP contribution in [0.2, 0.25) is 0 Å². The normalized spacial score (nSPS) is 12.8. The van der Waals surface area contributed by atoms with Gasteiger partial charge in [0.15, 0.2) is 0 Å².